The van der Waals surface area contributed by atoms with E-state index in [-0.39, 0.29) is 31.5 Å². The zero-order chi connectivity index (χ0) is 57.9. The molecule has 0 aromatic heterocycles. The summed E-state index contributed by atoms with van der Waals surface area (Å²) in [5.74, 6) is -0.501. The first-order valence-electron chi connectivity index (χ1n) is 34.3. The second-order valence-electron chi connectivity index (χ2n) is 24.7. The lowest BCUT2D eigenvalue weighted by Crippen LogP contribution is -2.47. The van der Waals surface area contributed by atoms with Crippen molar-refractivity contribution in [1.29, 1.82) is 0 Å². The van der Waals surface area contributed by atoms with Crippen molar-refractivity contribution < 1.29 is 37.3 Å². The van der Waals surface area contributed by atoms with Crippen LogP contribution in [0.25, 0.3) is 0 Å². The third-order valence-electron chi connectivity index (χ3n) is 15.6. The van der Waals surface area contributed by atoms with Crippen molar-refractivity contribution in [2.45, 2.75) is 354 Å². The second kappa shape index (κ2) is 59.4. The van der Waals surface area contributed by atoms with Crippen molar-refractivity contribution in [3.63, 3.8) is 0 Å². The molecule has 0 bridgehead atoms. The molecule has 0 rings (SSSR count). The number of quaternary nitrogens is 1. The number of carbonyl (C=O) groups is 2. The fourth-order valence-corrected chi connectivity index (χ4v) is 11.0. The summed E-state index contributed by atoms with van der Waals surface area (Å²) >= 11 is 0. The molecule has 0 saturated carbocycles. The monoisotopic (exact) mass is 1130 g/mol. The topological polar surface area (TPSA) is 111 Å². The molecule has 10 heteroatoms. The van der Waals surface area contributed by atoms with Gasteiger partial charge in [-0.3, -0.25) is 18.6 Å². The van der Waals surface area contributed by atoms with Crippen LogP contribution in [0.5, 0.6) is 0 Å². The Balaban J connectivity index is 5.06. The number of ether oxygens (including phenoxy) is 1. The van der Waals surface area contributed by atoms with Crippen LogP contribution in [-0.2, 0) is 27.9 Å². The van der Waals surface area contributed by atoms with Gasteiger partial charge in [-0.05, 0) is 57.4 Å². The van der Waals surface area contributed by atoms with Crippen molar-refractivity contribution in [2.75, 3.05) is 40.9 Å². The van der Waals surface area contributed by atoms with E-state index >= 15 is 0 Å². The van der Waals surface area contributed by atoms with Gasteiger partial charge in [0.2, 0.25) is 5.91 Å². The van der Waals surface area contributed by atoms with Gasteiger partial charge in [-0.15, -0.1) is 0 Å². The van der Waals surface area contributed by atoms with Gasteiger partial charge in [0, 0.05) is 12.8 Å². The number of esters is 1. The van der Waals surface area contributed by atoms with E-state index < -0.39 is 20.0 Å². The molecule has 3 unspecified atom stereocenters. The van der Waals surface area contributed by atoms with Crippen LogP contribution < -0.4 is 5.32 Å². The predicted octanol–water partition coefficient (Wildman–Crippen LogP) is 21.5. The van der Waals surface area contributed by atoms with E-state index in [0.29, 0.717) is 17.4 Å². The molecule has 0 aliphatic carbocycles. The summed E-state index contributed by atoms with van der Waals surface area (Å²) in [4.78, 5) is 37.8. The van der Waals surface area contributed by atoms with E-state index in [1.807, 2.05) is 33.3 Å². The molecule has 0 aromatic rings. The van der Waals surface area contributed by atoms with Crippen LogP contribution in [0.2, 0.25) is 0 Å². The number of phosphoric acid groups is 1. The van der Waals surface area contributed by atoms with Crippen molar-refractivity contribution in [2.24, 2.45) is 0 Å². The highest BCUT2D eigenvalue weighted by Gasteiger charge is 2.30. The summed E-state index contributed by atoms with van der Waals surface area (Å²) in [6, 6.07) is -0.850. The molecule has 0 aliphatic heterocycles. The summed E-state index contributed by atoms with van der Waals surface area (Å²) in [5, 5.41) is 3.07. The third-order valence-corrected chi connectivity index (χ3v) is 16.6. The summed E-state index contributed by atoms with van der Waals surface area (Å²) in [5.41, 5.74) is 0. The minimum Gasteiger partial charge on any atom is -0.456 e. The second-order valence-corrected chi connectivity index (χ2v) is 26.2. The Kier molecular flexibility index (Phi) is 58.1. The molecular weight excluding hydrogens is 1000 g/mol. The molecule has 0 aromatic carbocycles. The maximum atomic E-state index is 13.6. The number of hydrogen-bond acceptors (Lipinski definition) is 6. The largest absolute Gasteiger partial charge is 0.472 e. The van der Waals surface area contributed by atoms with Crippen LogP contribution in [-0.4, -0.2) is 74.3 Å². The smallest absolute Gasteiger partial charge is 0.456 e. The predicted molar refractivity (Wildman–Crippen MR) is 342 cm³/mol. The van der Waals surface area contributed by atoms with Gasteiger partial charge < -0.3 is 19.4 Å². The lowest BCUT2D eigenvalue weighted by molar-refractivity contribution is -0.870. The Bertz CT molecular complexity index is 1450. The van der Waals surface area contributed by atoms with Crippen molar-refractivity contribution >= 4 is 19.7 Å². The number of carbonyl (C=O) groups excluding carboxylic acids is 2. The standard InChI is InChI=1S/C69H133N2O7P/c1-7-10-13-16-19-22-25-28-30-31-32-33-34-35-36-37-38-39-41-43-46-49-52-55-58-61-68(72)70-66(65-77-79(74,75)76-64-63-71(4,5)6)67(60-57-54-51-48-45-42-27-24-21-18-15-12-9-3)78-69(73)62-59-56-53-50-47-44-40-29-26-23-20-17-14-11-8-2/h20,23,26,29,57,60,66-67H,7-19,21-22,24-25,27-28,30-56,58-59,61-65H2,1-6H3,(H-,70,72,74,75)/p+1/b23-20+,29-26+,60-57-. The first-order chi connectivity index (χ1) is 38.4. The number of rotatable bonds is 63. The normalized spacial score (nSPS) is 13.8. The number of hydrogen-bond donors (Lipinski definition) is 2. The molecular formula is C69H134N2O7P+. The lowest BCUT2D eigenvalue weighted by atomic mass is 10.0. The maximum absolute atomic E-state index is 13.6. The number of phosphoric ester groups is 1. The molecule has 1 amide bonds. The number of allylic oxidation sites excluding steroid dienone is 5. The number of nitrogens with zero attached hydrogens (tertiary/aromatic N) is 1. The van der Waals surface area contributed by atoms with Gasteiger partial charge in [-0.25, -0.2) is 4.57 Å². The average Bonchev–Trinajstić information content (AvgIpc) is 3.41. The Morgan fingerprint density at radius 3 is 1.14 bits per heavy atom. The van der Waals surface area contributed by atoms with E-state index in [9.17, 15) is 19.0 Å². The van der Waals surface area contributed by atoms with Crippen molar-refractivity contribution in [3.05, 3.63) is 36.5 Å². The highest BCUT2D eigenvalue weighted by atomic mass is 31.2. The van der Waals surface area contributed by atoms with Gasteiger partial charge in [0.05, 0.1) is 33.8 Å². The quantitative estimate of drug-likeness (QED) is 0.0156. The summed E-state index contributed by atoms with van der Waals surface area (Å²) in [6.07, 6.45) is 73.0. The SMILES string of the molecule is CCCCC/C=C/C=C/CCCCCCCCC(=O)OC(/C=C\CCCCCCCCCCCCC)C(COP(=O)(O)OCC[N+](C)(C)C)NC(=O)CCCCCCCCCCCCCCCCCCCCCCCCCCC. The van der Waals surface area contributed by atoms with Crippen molar-refractivity contribution in [1.82, 2.24) is 5.32 Å². The number of amides is 1. The van der Waals surface area contributed by atoms with Crippen molar-refractivity contribution in [3.8, 4) is 0 Å². The first-order valence-corrected chi connectivity index (χ1v) is 35.8. The van der Waals surface area contributed by atoms with Gasteiger partial charge in [-0.2, -0.15) is 0 Å². The van der Waals surface area contributed by atoms with Gasteiger partial charge in [0.1, 0.15) is 19.3 Å². The average molecular weight is 1130 g/mol. The fourth-order valence-electron chi connectivity index (χ4n) is 10.3. The highest BCUT2D eigenvalue weighted by molar-refractivity contribution is 7.47. The van der Waals surface area contributed by atoms with Gasteiger partial charge >= 0.3 is 13.8 Å². The van der Waals surface area contributed by atoms with Crippen LogP contribution in [0.4, 0.5) is 0 Å². The molecule has 0 fully saturated rings. The molecule has 0 heterocycles. The Hall–Kier alpha value is -1.77. The zero-order valence-electron chi connectivity index (χ0n) is 53.4. The van der Waals surface area contributed by atoms with Gasteiger partial charge in [0.15, 0.2) is 0 Å². The first kappa shape index (κ1) is 77.2. The number of nitrogens with one attached hydrogen (secondary N) is 1. The van der Waals surface area contributed by atoms with Crippen LogP contribution >= 0.6 is 7.82 Å². The minimum atomic E-state index is -4.45. The number of unbranched alkanes of at least 4 members (excludes halogenated alkanes) is 44. The van der Waals surface area contributed by atoms with Crippen LogP contribution in [0.3, 0.4) is 0 Å². The molecule has 2 N–H and O–H groups in total. The Morgan fingerprint density at radius 1 is 0.443 bits per heavy atom. The van der Waals surface area contributed by atoms with Crippen LogP contribution in [0.15, 0.2) is 36.5 Å². The summed E-state index contributed by atoms with van der Waals surface area (Å²) < 4.78 is 30.8. The lowest BCUT2D eigenvalue weighted by Gasteiger charge is -2.27. The molecule has 79 heavy (non-hydrogen) atoms. The molecule has 3 atom stereocenters. The molecule has 466 valence electrons. The summed E-state index contributed by atoms with van der Waals surface area (Å²) in [6.45, 7) is 7.03. The molecule has 0 saturated heterocycles. The molecule has 0 radical (unpaired) electrons. The Labute approximate surface area is 491 Å². The van der Waals surface area contributed by atoms with Crippen LogP contribution in [0.1, 0.15) is 342 Å². The van der Waals surface area contributed by atoms with E-state index in [2.05, 4.69) is 50.4 Å². The summed E-state index contributed by atoms with van der Waals surface area (Å²) in [7, 11) is 1.50. The molecule has 0 spiro atoms. The molecule has 0 aliphatic rings. The molecule has 9 nitrogen and oxygen atoms in total. The number of likely N-dealkylation sites (N-methyl/N-ethyl adjacent to an activating group) is 1. The third kappa shape index (κ3) is 60.6. The van der Waals surface area contributed by atoms with Crippen LogP contribution in [0, 0.1) is 0 Å². The van der Waals surface area contributed by atoms with E-state index in [0.717, 1.165) is 77.0 Å². The van der Waals surface area contributed by atoms with Gasteiger partial charge in [0.25, 0.3) is 0 Å². The van der Waals surface area contributed by atoms with Gasteiger partial charge in [-0.1, -0.05) is 308 Å². The minimum absolute atomic E-state index is 0.0407. The zero-order valence-corrected chi connectivity index (χ0v) is 54.3. The highest BCUT2D eigenvalue weighted by Crippen LogP contribution is 2.43. The van der Waals surface area contributed by atoms with E-state index in [1.54, 1.807) is 0 Å². The maximum Gasteiger partial charge on any atom is 0.472 e. The van der Waals surface area contributed by atoms with E-state index in [1.165, 1.54) is 231 Å². The van der Waals surface area contributed by atoms with E-state index in [4.69, 9.17) is 13.8 Å². The fraction of sp³-hybridized carbons (Fsp3) is 0.884. The Morgan fingerprint density at radius 2 is 0.759 bits per heavy atom.